The number of ketones is 1. The molecule has 0 aromatic heterocycles. The molecule has 0 spiro atoms. The molecule has 5 nitrogen and oxygen atoms in total. The van der Waals surface area contributed by atoms with Gasteiger partial charge in [-0.25, -0.2) is 4.79 Å². The number of esters is 1. The van der Waals surface area contributed by atoms with Gasteiger partial charge in [0.25, 0.3) is 0 Å². The summed E-state index contributed by atoms with van der Waals surface area (Å²) in [4.78, 5) is 25.8. The summed E-state index contributed by atoms with van der Waals surface area (Å²) in [5.74, 6) is 1.15. The number of Topliss-reactive ketones (excluding diaryl/α,β-unsaturated/α-hetero) is 1. The second kappa shape index (κ2) is 7.41. The molecule has 1 aliphatic carbocycles. The first-order valence-electron chi connectivity index (χ1n) is 10.1. The molecule has 0 radical (unpaired) electrons. The van der Waals surface area contributed by atoms with Crippen LogP contribution in [0.4, 0.5) is 0 Å². The third kappa shape index (κ3) is 3.19. The first-order chi connectivity index (χ1) is 13.1. The van der Waals surface area contributed by atoms with Gasteiger partial charge in [0.1, 0.15) is 17.5 Å². The van der Waals surface area contributed by atoms with Crippen LogP contribution < -0.4 is 9.47 Å². The first kappa shape index (κ1) is 20.7. The molecule has 1 heterocycles. The molecular formula is C23H32O5. The van der Waals surface area contributed by atoms with E-state index < -0.39 is 12.1 Å². The van der Waals surface area contributed by atoms with E-state index in [4.69, 9.17) is 14.2 Å². The van der Waals surface area contributed by atoms with Crippen LogP contribution in [0.3, 0.4) is 0 Å². The maximum absolute atomic E-state index is 13.1. The number of hydrogen-bond acceptors (Lipinski definition) is 5. The van der Waals surface area contributed by atoms with Gasteiger partial charge in [0.05, 0.1) is 20.1 Å². The van der Waals surface area contributed by atoms with E-state index in [2.05, 4.69) is 27.7 Å². The number of carbonyl (C=O) groups excluding carboxylic acids is 2. The first-order valence-corrected chi connectivity index (χ1v) is 10.1. The minimum absolute atomic E-state index is 0.0373. The van der Waals surface area contributed by atoms with E-state index in [9.17, 15) is 9.59 Å². The maximum atomic E-state index is 13.1. The largest absolute Gasteiger partial charge is 0.493 e. The van der Waals surface area contributed by atoms with Crippen LogP contribution in [-0.4, -0.2) is 26.0 Å². The predicted octanol–water partition coefficient (Wildman–Crippen LogP) is 4.83. The molecule has 28 heavy (non-hydrogen) atoms. The van der Waals surface area contributed by atoms with E-state index in [1.54, 1.807) is 6.07 Å². The Morgan fingerprint density at radius 1 is 1.11 bits per heavy atom. The molecule has 0 unspecified atom stereocenters. The molecule has 3 rings (SSSR count). The fourth-order valence-corrected chi connectivity index (χ4v) is 4.71. The molecule has 0 bridgehead atoms. The smallest absolute Gasteiger partial charge is 0.343 e. The quantitative estimate of drug-likeness (QED) is 0.676. The molecule has 1 saturated carbocycles. The number of benzene rings is 1. The van der Waals surface area contributed by atoms with Crippen LogP contribution in [0.15, 0.2) is 12.1 Å². The van der Waals surface area contributed by atoms with Crippen molar-refractivity contribution in [1.82, 2.24) is 0 Å². The standard InChI is InChI=1S/C23H32O5/c1-12(2)23(4,5)14-10-13(3)19(24)16(11-14)20-15-8-9-17(26-6)21(27-7)18(15)22(25)28-20/h8-9,12-14,16,20H,10-11H2,1-7H3/t13-,14-,16+,20+/m1/s1. The number of cyclic esters (lactones) is 1. The highest BCUT2D eigenvalue weighted by Gasteiger charge is 2.49. The van der Waals surface area contributed by atoms with E-state index in [1.807, 2.05) is 13.0 Å². The zero-order chi connectivity index (χ0) is 20.8. The lowest BCUT2D eigenvalue weighted by Crippen LogP contribution is -2.42. The van der Waals surface area contributed by atoms with Gasteiger partial charge in [0.15, 0.2) is 11.5 Å². The second-order valence-corrected chi connectivity index (χ2v) is 9.15. The Morgan fingerprint density at radius 2 is 1.79 bits per heavy atom. The molecule has 1 fully saturated rings. The molecule has 1 aromatic rings. The van der Waals surface area contributed by atoms with Gasteiger partial charge in [-0.05, 0) is 36.2 Å². The predicted molar refractivity (Wildman–Crippen MR) is 107 cm³/mol. The average Bonchev–Trinajstić information content (AvgIpc) is 2.99. The summed E-state index contributed by atoms with van der Waals surface area (Å²) < 4.78 is 16.5. The molecule has 154 valence electrons. The molecule has 5 heteroatoms. The topological polar surface area (TPSA) is 61.8 Å². The molecule has 2 aliphatic rings. The summed E-state index contributed by atoms with van der Waals surface area (Å²) in [5.41, 5.74) is 1.23. The van der Waals surface area contributed by atoms with Crippen LogP contribution >= 0.6 is 0 Å². The highest BCUT2D eigenvalue weighted by molar-refractivity contribution is 5.99. The Balaban J connectivity index is 2.00. The van der Waals surface area contributed by atoms with Crippen LogP contribution in [-0.2, 0) is 9.53 Å². The third-order valence-electron chi connectivity index (χ3n) is 7.26. The third-order valence-corrected chi connectivity index (χ3v) is 7.26. The Labute approximate surface area is 167 Å². The molecule has 0 amide bonds. The van der Waals surface area contributed by atoms with Gasteiger partial charge < -0.3 is 14.2 Å². The minimum Gasteiger partial charge on any atom is -0.493 e. The van der Waals surface area contributed by atoms with Crippen molar-refractivity contribution < 1.29 is 23.8 Å². The van der Waals surface area contributed by atoms with Crippen molar-refractivity contribution in [2.24, 2.45) is 29.1 Å². The summed E-state index contributed by atoms with van der Waals surface area (Å²) in [5, 5.41) is 0. The summed E-state index contributed by atoms with van der Waals surface area (Å²) >= 11 is 0. The Hall–Kier alpha value is -2.04. The van der Waals surface area contributed by atoms with Crippen LogP contribution in [0.25, 0.3) is 0 Å². The highest BCUT2D eigenvalue weighted by Crippen LogP contribution is 2.52. The Morgan fingerprint density at radius 3 is 2.36 bits per heavy atom. The highest BCUT2D eigenvalue weighted by atomic mass is 16.6. The van der Waals surface area contributed by atoms with Crippen molar-refractivity contribution >= 4 is 11.8 Å². The van der Waals surface area contributed by atoms with Gasteiger partial charge in [-0.3, -0.25) is 4.79 Å². The lowest BCUT2D eigenvalue weighted by molar-refractivity contribution is -0.136. The number of ether oxygens (including phenoxy) is 3. The molecule has 0 saturated heterocycles. The van der Waals surface area contributed by atoms with E-state index in [0.29, 0.717) is 28.9 Å². The fraction of sp³-hybridized carbons (Fsp3) is 0.652. The number of hydrogen-bond donors (Lipinski definition) is 0. The zero-order valence-electron chi connectivity index (χ0n) is 18.0. The lowest BCUT2D eigenvalue weighted by Gasteiger charge is -2.45. The summed E-state index contributed by atoms with van der Waals surface area (Å²) in [6, 6.07) is 3.61. The van der Waals surface area contributed by atoms with Gasteiger partial charge in [0.2, 0.25) is 0 Å². The van der Waals surface area contributed by atoms with Crippen molar-refractivity contribution in [2.45, 2.75) is 53.6 Å². The van der Waals surface area contributed by atoms with Crippen LogP contribution in [0.2, 0.25) is 0 Å². The number of carbonyl (C=O) groups is 2. The van der Waals surface area contributed by atoms with Gasteiger partial charge in [-0.1, -0.05) is 40.7 Å². The zero-order valence-corrected chi connectivity index (χ0v) is 18.0. The van der Waals surface area contributed by atoms with Gasteiger partial charge in [-0.2, -0.15) is 0 Å². The van der Waals surface area contributed by atoms with Crippen molar-refractivity contribution in [3.63, 3.8) is 0 Å². The van der Waals surface area contributed by atoms with Gasteiger partial charge in [0, 0.05) is 11.5 Å². The number of fused-ring (bicyclic) bond motifs is 1. The molecular weight excluding hydrogens is 356 g/mol. The Kier molecular flexibility index (Phi) is 5.48. The molecule has 1 aromatic carbocycles. The second-order valence-electron chi connectivity index (χ2n) is 9.15. The van der Waals surface area contributed by atoms with Crippen molar-refractivity contribution in [3.8, 4) is 11.5 Å². The van der Waals surface area contributed by atoms with E-state index in [-0.39, 0.29) is 23.0 Å². The van der Waals surface area contributed by atoms with Crippen LogP contribution in [0, 0.1) is 29.1 Å². The van der Waals surface area contributed by atoms with E-state index in [1.165, 1.54) is 14.2 Å². The molecule has 1 aliphatic heterocycles. The van der Waals surface area contributed by atoms with Crippen LogP contribution in [0.5, 0.6) is 11.5 Å². The average molecular weight is 389 g/mol. The lowest BCUT2D eigenvalue weighted by atomic mass is 9.60. The molecule has 4 atom stereocenters. The SMILES string of the molecule is COc1ccc2c(c1OC)C(=O)O[C@@H]2[C@H]1C[C@H](C(C)(C)C(C)C)C[C@@H](C)C1=O. The number of methoxy groups -OCH3 is 2. The van der Waals surface area contributed by atoms with Crippen molar-refractivity contribution in [3.05, 3.63) is 23.3 Å². The maximum Gasteiger partial charge on any atom is 0.343 e. The summed E-state index contributed by atoms with van der Waals surface area (Å²) in [6.07, 6.45) is 1.07. The van der Waals surface area contributed by atoms with Crippen molar-refractivity contribution in [2.75, 3.05) is 14.2 Å². The van der Waals surface area contributed by atoms with Crippen molar-refractivity contribution in [1.29, 1.82) is 0 Å². The van der Waals surface area contributed by atoms with Gasteiger partial charge in [-0.15, -0.1) is 0 Å². The fourth-order valence-electron chi connectivity index (χ4n) is 4.71. The summed E-state index contributed by atoms with van der Waals surface area (Å²) in [6.45, 7) is 11.0. The number of rotatable bonds is 5. The molecule has 0 N–H and O–H groups in total. The van der Waals surface area contributed by atoms with Gasteiger partial charge >= 0.3 is 5.97 Å². The van der Waals surface area contributed by atoms with E-state index >= 15 is 0 Å². The normalized spacial score (nSPS) is 27.6. The van der Waals surface area contributed by atoms with E-state index in [0.717, 1.165) is 18.4 Å². The monoisotopic (exact) mass is 388 g/mol. The Bertz CT molecular complexity index is 779. The van der Waals surface area contributed by atoms with Crippen LogP contribution in [0.1, 0.15) is 69.5 Å². The minimum atomic E-state index is -0.553. The summed E-state index contributed by atoms with van der Waals surface area (Å²) in [7, 11) is 3.04.